The normalized spacial score (nSPS) is 13.1. The van der Waals surface area contributed by atoms with Crippen LogP contribution in [-0.4, -0.2) is 27.9 Å². The number of halogens is 1. The predicted molar refractivity (Wildman–Crippen MR) is 138 cm³/mol. The van der Waals surface area contributed by atoms with Gasteiger partial charge >= 0.3 is 5.97 Å². The molecular formula is C28H32ClNO5. The summed E-state index contributed by atoms with van der Waals surface area (Å²) < 4.78 is 6.94. The largest absolute Gasteiger partial charge is 0.505 e. The van der Waals surface area contributed by atoms with Crippen molar-refractivity contribution in [3.8, 4) is 0 Å². The lowest BCUT2D eigenvalue weighted by molar-refractivity contribution is -0.153. The van der Waals surface area contributed by atoms with Crippen LogP contribution in [0.25, 0.3) is 11.3 Å². The molecule has 3 rings (SSSR count). The number of ketones is 1. The molecule has 6 nitrogen and oxygen atoms in total. The minimum Gasteiger partial charge on any atom is -0.505 e. The molecule has 2 aromatic heterocycles. The van der Waals surface area contributed by atoms with E-state index >= 15 is 0 Å². The van der Waals surface area contributed by atoms with Crippen LogP contribution in [0.3, 0.4) is 0 Å². The van der Waals surface area contributed by atoms with Crippen molar-refractivity contribution in [3.63, 3.8) is 0 Å². The first kappa shape index (κ1) is 26.5. The third-order valence-electron chi connectivity index (χ3n) is 5.77. The van der Waals surface area contributed by atoms with Crippen molar-refractivity contribution < 1.29 is 19.4 Å². The van der Waals surface area contributed by atoms with Crippen LogP contribution >= 0.6 is 11.6 Å². The Morgan fingerprint density at radius 2 is 1.69 bits per heavy atom. The predicted octanol–water partition coefficient (Wildman–Crippen LogP) is 5.14. The Bertz CT molecular complexity index is 1380. The summed E-state index contributed by atoms with van der Waals surface area (Å²) in [5.74, 6) is -0.656. The zero-order valence-corrected chi connectivity index (χ0v) is 21.8. The number of nitrogens with zero attached hydrogens (tertiary/aromatic N) is 1. The number of esters is 1. The average molecular weight is 498 g/mol. The van der Waals surface area contributed by atoms with E-state index in [4.69, 9.17) is 16.3 Å². The van der Waals surface area contributed by atoms with Crippen molar-refractivity contribution in [2.24, 2.45) is 10.8 Å². The Morgan fingerprint density at radius 1 is 1.06 bits per heavy atom. The van der Waals surface area contributed by atoms with Crippen LogP contribution in [0.1, 0.15) is 69.4 Å². The smallest absolute Gasteiger partial charge is 0.311 e. The molecule has 0 fully saturated rings. The van der Waals surface area contributed by atoms with Gasteiger partial charge in [-0.25, -0.2) is 0 Å². The molecule has 0 saturated carbocycles. The number of carbonyl (C=O) groups is 2. The lowest BCUT2D eigenvalue weighted by atomic mass is 9.82. The van der Waals surface area contributed by atoms with Gasteiger partial charge in [0.2, 0.25) is 0 Å². The monoisotopic (exact) mass is 497 g/mol. The van der Waals surface area contributed by atoms with Gasteiger partial charge in [0.05, 0.1) is 22.9 Å². The lowest BCUT2D eigenvalue weighted by Gasteiger charge is -2.23. The molecule has 0 unspecified atom stereocenters. The Morgan fingerprint density at radius 3 is 2.26 bits per heavy atom. The van der Waals surface area contributed by atoms with E-state index in [0.29, 0.717) is 32.6 Å². The van der Waals surface area contributed by atoms with E-state index in [1.807, 2.05) is 20.8 Å². The molecule has 2 heterocycles. The van der Waals surface area contributed by atoms with Crippen molar-refractivity contribution >= 4 is 34.6 Å². The summed E-state index contributed by atoms with van der Waals surface area (Å²) in [6, 6.07) is 9.45. The van der Waals surface area contributed by atoms with Gasteiger partial charge in [0.25, 0.3) is 0 Å². The highest BCUT2D eigenvalue weighted by Crippen LogP contribution is 2.30. The second-order valence-electron chi connectivity index (χ2n) is 10.6. The van der Waals surface area contributed by atoms with Gasteiger partial charge in [-0.1, -0.05) is 32.4 Å². The molecule has 0 spiro atoms. The highest BCUT2D eigenvalue weighted by atomic mass is 35.5. The summed E-state index contributed by atoms with van der Waals surface area (Å²) in [5.41, 5.74) is 0.167. The third-order valence-corrected chi connectivity index (χ3v) is 6.02. The van der Waals surface area contributed by atoms with Gasteiger partial charge in [-0.15, -0.1) is 0 Å². The van der Waals surface area contributed by atoms with Crippen LogP contribution in [0.5, 0.6) is 0 Å². The minimum absolute atomic E-state index is 0.0835. The zero-order valence-electron chi connectivity index (χ0n) is 21.1. The molecule has 0 aliphatic heterocycles. The molecule has 186 valence electrons. The van der Waals surface area contributed by atoms with E-state index in [2.05, 4.69) is 0 Å². The van der Waals surface area contributed by atoms with Gasteiger partial charge in [0, 0.05) is 40.9 Å². The van der Waals surface area contributed by atoms with E-state index in [1.165, 1.54) is 12.1 Å². The Balaban J connectivity index is 2.45. The molecular weight excluding hydrogens is 466 g/mol. The van der Waals surface area contributed by atoms with E-state index < -0.39 is 11.4 Å². The number of Topliss-reactive ketones (excluding diaryl/α,β-unsaturated/α-hetero) is 1. The minimum atomic E-state index is -0.993. The average Bonchev–Trinajstić information content (AvgIpc) is 3.04. The topological polar surface area (TPSA) is 85.1 Å². The van der Waals surface area contributed by atoms with E-state index in [-0.39, 0.29) is 41.8 Å². The summed E-state index contributed by atoms with van der Waals surface area (Å²) >= 11 is 6.04. The van der Waals surface area contributed by atoms with Crippen molar-refractivity contribution in [1.82, 2.24) is 4.40 Å². The maximum atomic E-state index is 13.7. The Kier molecular flexibility index (Phi) is 7.46. The van der Waals surface area contributed by atoms with Gasteiger partial charge < -0.3 is 14.2 Å². The molecule has 0 saturated heterocycles. The van der Waals surface area contributed by atoms with Crippen molar-refractivity contribution in [2.75, 3.05) is 6.61 Å². The van der Waals surface area contributed by atoms with Gasteiger partial charge in [-0.3, -0.25) is 14.4 Å². The van der Waals surface area contributed by atoms with Gasteiger partial charge in [-0.2, -0.15) is 0 Å². The van der Waals surface area contributed by atoms with Crippen molar-refractivity contribution in [3.05, 3.63) is 79.9 Å². The Labute approximate surface area is 210 Å². The number of aliphatic hydroxyl groups excluding tert-OH is 1. The SMILES string of the molecule is CCOC(=O)C(C)(C)Cc1c(C(=O)CC(C)(C)C)c2cc(=O)ccn2c1=C(O)c1ccc(Cl)cc1. The van der Waals surface area contributed by atoms with Gasteiger partial charge in [0.15, 0.2) is 11.2 Å². The standard InChI is InChI=1S/C28H32ClNO5/c1-7-35-26(34)28(5,6)15-20-23(22(32)16-27(2,3)4)21-14-19(31)12-13-30(21)24(20)25(33)17-8-10-18(29)11-9-17/h8-14,33H,7,15-16H2,1-6H3. The summed E-state index contributed by atoms with van der Waals surface area (Å²) in [5, 5.41) is 12.3. The zero-order chi connectivity index (χ0) is 26.1. The maximum absolute atomic E-state index is 13.7. The van der Waals surface area contributed by atoms with Crippen LogP contribution in [0.4, 0.5) is 0 Å². The van der Waals surface area contributed by atoms with Crippen LogP contribution in [0.15, 0.2) is 47.4 Å². The second-order valence-corrected chi connectivity index (χ2v) is 11.1. The molecule has 0 atom stereocenters. The van der Waals surface area contributed by atoms with Crippen molar-refractivity contribution in [2.45, 2.75) is 54.4 Å². The first-order valence-corrected chi connectivity index (χ1v) is 12.0. The molecule has 0 aliphatic rings. The third kappa shape index (κ3) is 5.76. The highest BCUT2D eigenvalue weighted by Gasteiger charge is 2.34. The number of pyridine rings is 1. The number of ether oxygens (including phenoxy) is 1. The Hall–Kier alpha value is -3.12. The molecule has 35 heavy (non-hydrogen) atoms. The number of aromatic nitrogens is 1. The van der Waals surface area contributed by atoms with Crippen LogP contribution < -0.4 is 10.8 Å². The second kappa shape index (κ2) is 9.86. The molecule has 0 bridgehead atoms. The first-order chi connectivity index (χ1) is 16.2. The summed E-state index contributed by atoms with van der Waals surface area (Å²) in [4.78, 5) is 38.8. The lowest BCUT2D eigenvalue weighted by Crippen LogP contribution is -2.32. The van der Waals surface area contributed by atoms with E-state index in [9.17, 15) is 19.5 Å². The fraction of sp³-hybridized carbons (Fsp3) is 0.393. The molecule has 3 aromatic rings. The molecule has 0 radical (unpaired) electrons. The van der Waals surface area contributed by atoms with Crippen LogP contribution in [0, 0.1) is 10.8 Å². The number of hydrogen-bond acceptors (Lipinski definition) is 5. The number of rotatable bonds is 7. The number of aliphatic hydroxyl groups is 1. The first-order valence-electron chi connectivity index (χ1n) is 11.6. The fourth-order valence-corrected chi connectivity index (χ4v) is 4.31. The quantitative estimate of drug-likeness (QED) is 0.361. The number of carbonyl (C=O) groups excluding carboxylic acids is 2. The molecule has 1 aromatic carbocycles. The molecule has 1 N–H and O–H groups in total. The number of hydrogen-bond donors (Lipinski definition) is 1. The van der Waals surface area contributed by atoms with Crippen LogP contribution in [-0.2, 0) is 16.0 Å². The summed E-state index contributed by atoms with van der Waals surface area (Å²) in [6.45, 7) is 11.3. The van der Waals surface area contributed by atoms with Gasteiger partial charge in [0.1, 0.15) is 5.76 Å². The fourth-order valence-electron chi connectivity index (χ4n) is 4.18. The van der Waals surface area contributed by atoms with E-state index in [0.717, 1.165) is 0 Å². The molecule has 7 heteroatoms. The molecule has 0 aliphatic carbocycles. The highest BCUT2D eigenvalue weighted by molar-refractivity contribution is 6.30. The number of fused-ring (bicyclic) bond motifs is 1. The maximum Gasteiger partial charge on any atom is 0.311 e. The molecule has 0 amide bonds. The van der Waals surface area contributed by atoms with Crippen LogP contribution in [0.2, 0.25) is 5.02 Å². The summed E-state index contributed by atoms with van der Waals surface area (Å²) in [7, 11) is 0. The van der Waals surface area contributed by atoms with Crippen molar-refractivity contribution in [1.29, 1.82) is 0 Å². The van der Waals surface area contributed by atoms with Gasteiger partial charge in [-0.05, 0) is 62.4 Å². The summed E-state index contributed by atoms with van der Waals surface area (Å²) in [6.07, 6.45) is 1.90. The van der Waals surface area contributed by atoms with E-state index in [1.54, 1.807) is 55.6 Å². The number of benzene rings is 1.